The summed E-state index contributed by atoms with van der Waals surface area (Å²) in [5.74, 6) is -0.175. The first-order valence-electron chi connectivity index (χ1n) is 7.52. The number of aryl methyl sites for hydroxylation is 2. The number of hydrogen-bond donors (Lipinski definition) is 1. The zero-order chi connectivity index (χ0) is 16.4. The molecular formula is C19H18FNO2. The highest BCUT2D eigenvalue weighted by atomic mass is 19.1. The second-order valence-corrected chi connectivity index (χ2v) is 5.71. The SMILES string of the molecule is Cc1ccc(CNCC(=O)c2oc3ccc(F)cc3c2C)cc1. The summed E-state index contributed by atoms with van der Waals surface area (Å²) in [7, 11) is 0. The van der Waals surface area contributed by atoms with Crippen LogP contribution in [0.5, 0.6) is 0 Å². The predicted octanol–water partition coefficient (Wildman–Crippen LogP) is 4.16. The van der Waals surface area contributed by atoms with Gasteiger partial charge in [-0.2, -0.15) is 0 Å². The molecule has 1 heterocycles. The van der Waals surface area contributed by atoms with Gasteiger partial charge < -0.3 is 9.73 Å². The quantitative estimate of drug-likeness (QED) is 0.719. The van der Waals surface area contributed by atoms with E-state index in [-0.39, 0.29) is 18.1 Å². The fourth-order valence-corrected chi connectivity index (χ4v) is 2.57. The number of rotatable bonds is 5. The zero-order valence-electron chi connectivity index (χ0n) is 13.2. The van der Waals surface area contributed by atoms with E-state index in [1.807, 2.05) is 31.2 Å². The summed E-state index contributed by atoms with van der Waals surface area (Å²) in [5, 5.41) is 3.76. The Hall–Kier alpha value is -2.46. The number of nitrogens with one attached hydrogen (secondary N) is 1. The Morgan fingerprint density at radius 2 is 1.87 bits per heavy atom. The molecule has 118 valence electrons. The molecule has 3 rings (SSSR count). The van der Waals surface area contributed by atoms with E-state index in [0.717, 1.165) is 5.56 Å². The number of furan rings is 1. The van der Waals surface area contributed by atoms with Crippen LogP contribution in [0.1, 0.15) is 27.2 Å². The number of halogens is 1. The van der Waals surface area contributed by atoms with Gasteiger partial charge in [0.15, 0.2) is 5.76 Å². The molecule has 0 atom stereocenters. The van der Waals surface area contributed by atoms with Crippen molar-refractivity contribution in [3.05, 3.63) is 70.7 Å². The minimum atomic E-state index is -0.335. The lowest BCUT2D eigenvalue weighted by molar-refractivity contribution is 0.0965. The first-order valence-corrected chi connectivity index (χ1v) is 7.52. The number of hydrogen-bond acceptors (Lipinski definition) is 3. The predicted molar refractivity (Wildman–Crippen MR) is 88.1 cm³/mol. The maximum atomic E-state index is 13.3. The standard InChI is InChI=1S/C19H18FNO2/c1-12-3-5-14(6-4-12)10-21-11-17(22)19-13(2)16-9-15(20)7-8-18(16)23-19/h3-9,21H,10-11H2,1-2H3. The highest BCUT2D eigenvalue weighted by Crippen LogP contribution is 2.26. The second-order valence-electron chi connectivity index (χ2n) is 5.71. The van der Waals surface area contributed by atoms with Gasteiger partial charge in [0.05, 0.1) is 6.54 Å². The second kappa shape index (κ2) is 6.34. The van der Waals surface area contributed by atoms with E-state index in [0.29, 0.717) is 28.8 Å². The molecule has 0 spiro atoms. The molecule has 0 amide bonds. The Kier molecular flexibility index (Phi) is 4.26. The van der Waals surface area contributed by atoms with Crippen molar-refractivity contribution in [1.82, 2.24) is 5.32 Å². The molecule has 23 heavy (non-hydrogen) atoms. The van der Waals surface area contributed by atoms with Crippen LogP contribution in [0.3, 0.4) is 0 Å². The van der Waals surface area contributed by atoms with Crippen LogP contribution in [0.4, 0.5) is 4.39 Å². The lowest BCUT2D eigenvalue weighted by Crippen LogP contribution is -2.22. The van der Waals surface area contributed by atoms with Gasteiger partial charge in [-0.15, -0.1) is 0 Å². The summed E-state index contributed by atoms with van der Waals surface area (Å²) >= 11 is 0. The summed E-state index contributed by atoms with van der Waals surface area (Å²) < 4.78 is 18.9. The number of ketones is 1. The molecule has 0 saturated carbocycles. The van der Waals surface area contributed by atoms with Gasteiger partial charge in [-0.05, 0) is 37.6 Å². The number of fused-ring (bicyclic) bond motifs is 1. The van der Waals surface area contributed by atoms with E-state index in [4.69, 9.17) is 4.42 Å². The third kappa shape index (κ3) is 3.32. The van der Waals surface area contributed by atoms with Crippen molar-refractivity contribution in [2.45, 2.75) is 20.4 Å². The Bertz CT molecular complexity index is 850. The number of Topliss-reactive ketones (excluding diaryl/α,β-unsaturated/α-hetero) is 1. The Labute approximate surface area is 134 Å². The van der Waals surface area contributed by atoms with Crippen LogP contribution in [-0.2, 0) is 6.54 Å². The number of carbonyl (C=O) groups is 1. The van der Waals surface area contributed by atoms with E-state index >= 15 is 0 Å². The largest absolute Gasteiger partial charge is 0.453 e. The molecule has 1 aromatic heterocycles. The van der Waals surface area contributed by atoms with Crippen LogP contribution < -0.4 is 5.32 Å². The molecule has 3 nitrogen and oxygen atoms in total. The molecule has 3 aromatic rings. The zero-order valence-corrected chi connectivity index (χ0v) is 13.2. The van der Waals surface area contributed by atoms with E-state index in [1.54, 1.807) is 13.0 Å². The molecule has 0 aliphatic carbocycles. The van der Waals surface area contributed by atoms with E-state index < -0.39 is 0 Å². The molecule has 0 saturated heterocycles. The summed E-state index contributed by atoms with van der Waals surface area (Å²) in [6.07, 6.45) is 0. The summed E-state index contributed by atoms with van der Waals surface area (Å²) in [5.41, 5.74) is 3.54. The van der Waals surface area contributed by atoms with Crippen LogP contribution in [0.2, 0.25) is 0 Å². The van der Waals surface area contributed by atoms with Crippen LogP contribution in [0.15, 0.2) is 46.9 Å². The minimum Gasteiger partial charge on any atom is -0.453 e. The molecule has 0 aliphatic heterocycles. The van der Waals surface area contributed by atoms with Crippen LogP contribution in [0, 0.1) is 19.7 Å². The van der Waals surface area contributed by atoms with Gasteiger partial charge in [-0.25, -0.2) is 4.39 Å². The molecule has 0 unspecified atom stereocenters. The molecule has 1 N–H and O–H groups in total. The van der Waals surface area contributed by atoms with Gasteiger partial charge >= 0.3 is 0 Å². The monoisotopic (exact) mass is 311 g/mol. The first kappa shape index (κ1) is 15.4. The Morgan fingerprint density at radius 3 is 2.61 bits per heavy atom. The fraction of sp³-hybridized carbons (Fsp3) is 0.211. The smallest absolute Gasteiger partial charge is 0.212 e. The molecule has 0 bridgehead atoms. The van der Waals surface area contributed by atoms with Gasteiger partial charge in [0.1, 0.15) is 11.4 Å². The topological polar surface area (TPSA) is 42.2 Å². The van der Waals surface area contributed by atoms with Gasteiger partial charge in [-0.1, -0.05) is 29.8 Å². The van der Waals surface area contributed by atoms with Gasteiger partial charge in [0, 0.05) is 17.5 Å². The van der Waals surface area contributed by atoms with Gasteiger partial charge in [-0.3, -0.25) is 4.79 Å². The van der Waals surface area contributed by atoms with E-state index in [9.17, 15) is 9.18 Å². The molecule has 0 aliphatic rings. The molecular weight excluding hydrogens is 293 g/mol. The van der Waals surface area contributed by atoms with Gasteiger partial charge in [0.25, 0.3) is 0 Å². The summed E-state index contributed by atoms with van der Waals surface area (Å²) in [6, 6.07) is 12.4. The number of carbonyl (C=O) groups excluding carboxylic acids is 1. The minimum absolute atomic E-state index is 0.133. The third-order valence-electron chi connectivity index (χ3n) is 3.89. The van der Waals surface area contributed by atoms with E-state index in [1.165, 1.54) is 17.7 Å². The van der Waals surface area contributed by atoms with Crippen molar-refractivity contribution in [2.75, 3.05) is 6.54 Å². The maximum absolute atomic E-state index is 13.3. The molecule has 0 fully saturated rings. The van der Waals surface area contributed by atoms with Crippen molar-refractivity contribution in [3.8, 4) is 0 Å². The van der Waals surface area contributed by atoms with E-state index in [2.05, 4.69) is 5.32 Å². The van der Waals surface area contributed by atoms with Crippen LogP contribution in [-0.4, -0.2) is 12.3 Å². The van der Waals surface area contributed by atoms with Crippen molar-refractivity contribution in [2.24, 2.45) is 0 Å². The van der Waals surface area contributed by atoms with Crippen LogP contribution in [0.25, 0.3) is 11.0 Å². The average Bonchev–Trinajstić information content (AvgIpc) is 2.86. The first-order chi connectivity index (χ1) is 11.0. The Balaban J connectivity index is 1.68. The van der Waals surface area contributed by atoms with Crippen LogP contribution >= 0.6 is 0 Å². The summed E-state index contributed by atoms with van der Waals surface area (Å²) in [4.78, 5) is 12.3. The lowest BCUT2D eigenvalue weighted by Gasteiger charge is -2.04. The number of benzene rings is 2. The molecule has 4 heteroatoms. The van der Waals surface area contributed by atoms with Crippen molar-refractivity contribution in [3.63, 3.8) is 0 Å². The van der Waals surface area contributed by atoms with Gasteiger partial charge in [0.2, 0.25) is 5.78 Å². The highest BCUT2D eigenvalue weighted by Gasteiger charge is 2.17. The average molecular weight is 311 g/mol. The normalized spacial score (nSPS) is 11.1. The highest BCUT2D eigenvalue weighted by molar-refractivity contribution is 6.01. The Morgan fingerprint density at radius 1 is 1.13 bits per heavy atom. The summed E-state index contributed by atoms with van der Waals surface area (Å²) in [6.45, 7) is 4.60. The van der Waals surface area contributed by atoms with Crippen molar-refractivity contribution < 1.29 is 13.6 Å². The third-order valence-corrected chi connectivity index (χ3v) is 3.89. The maximum Gasteiger partial charge on any atom is 0.212 e. The fourth-order valence-electron chi connectivity index (χ4n) is 2.57. The van der Waals surface area contributed by atoms with Crippen molar-refractivity contribution in [1.29, 1.82) is 0 Å². The van der Waals surface area contributed by atoms with Crippen molar-refractivity contribution >= 4 is 16.8 Å². The lowest BCUT2D eigenvalue weighted by atomic mass is 10.1. The molecule has 0 radical (unpaired) electrons. The molecule has 2 aromatic carbocycles.